The Kier molecular flexibility index (Phi) is 9.78. The van der Waals surface area contributed by atoms with Gasteiger partial charge in [-0.1, -0.05) is 30.3 Å². The molecular formula is C16H24ClN3O3S. The highest BCUT2D eigenvalue weighted by Crippen LogP contribution is 2.09. The SMILES string of the molecule is CSCC[C@H](NC(=O)[C@H](Cc1ccccc1)N(N)CCCl)C(=O)O. The number of carbonyl (C=O) groups excluding carboxylic acids is 1. The van der Waals surface area contributed by atoms with Crippen molar-refractivity contribution in [3.05, 3.63) is 35.9 Å². The lowest BCUT2D eigenvalue weighted by atomic mass is 10.0. The molecule has 6 nitrogen and oxygen atoms in total. The summed E-state index contributed by atoms with van der Waals surface area (Å²) in [6.07, 6.45) is 2.64. The normalized spacial score (nSPS) is 13.5. The fraction of sp³-hybridized carbons (Fsp3) is 0.500. The lowest BCUT2D eigenvalue weighted by Gasteiger charge is -2.27. The molecule has 0 spiro atoms. The summed E-state index contributed by atoms with van der Waals surface area (Å²) in [5.41, 5.74) is 0.943. The van der Waals surface area contributed by atoms with Crippen LogP contribution >= 0.6 is 23.4 Å². The number of hydrogen-bond donors (Lipinski definition) is 3. The van der Waals surface area contributed by atoms with Crippen molar-refractivity contribution in [1.29, 1.82) is 0 Å². The molecule has 0 radical (unpaired) electrons. The van der Waals surface area contributed by atoms with Crippen LogP contribution in [-0.4, -0.2) is 58.5 Å². The predicted octanol–water partition coefficient (Wildman–Crippen LogP) is 1.33. The van der Waals surface area contributed by atoms with Gasteiger partial charge in [0.25, 0.3) is 0 Å². The molecule has 2 atom stereocenters. The molecule has 1 aromatic rings. The van der Waals surface area contributed by atoms with E-state index in [4.69, 9.17) is 17.4 Å². The molecule has 1 rings (SSSR count). The van der Waals surface area contributed by atoms with Crippen LogP contribution in [0.15, 0.2) is 30.3 Å². The molecule has 0 fully saturated rings. The maximum atomic E-state index is 12.6. The molecule has 8 heteroatoms. The van der Waals surface area contributed by atoms with Crippen molar-refractivity contribution < 1.29 is 14.7 Å². The molecule has 24 heavy (non-hydrogen) atoms. The third-order valence-corrected chi connectivity index (χ3v) is 4.36. The smallest absolute Gasteiger partial charge is 0.326 e. The van der Waals surface area contributed by atoms with Crippen LogP contribution < -0.4 is 11.2 Å². The molecule has 0 bridgehead atoms. The Labute approximate surface area is 151 Å². The maximum Gasteiger partial charge on any atom is 0.326 e. The van der Waals surface area contributed by atoms with Crippen molar-refractivity contribution in [3.8, 4) is 0 Å². The minimum absolute atomic E-state index is 0.282. The van der Waals surface area contributed by atoms with E-state index in [1.807, 2.05) is 36.6 Å². The van der Waals surface area contributed by atoms with Crippen molar-refractivity contribution in [2.24, 2.45) is 5.84 Å². The molecule has 0 heterocycles. The molecule has 0 aromatic heterocycles. The summed E-state index contributed by atoms with van der Waals surface area (Å²) < 4.78 is 0. The number of hydrazine groups is 1. The quantitative estimate of drug-likeness (QED) is 0.308. The van der Waals surface area contributed by atoms with E-state index < -0.39 is 24.0 Å². The van der Waals surface area contributed by atoms with Crippen molar-refractivity contribution >= 4 is 35.2 Å². The number of carbonyl (C=O) groups is 2. The number of benzene rings is 1. The average Bonchev–Trinajstić information content (AvgIpc) is 2.57. The van der Waals surface area contributed by atoms with Gasteiger partial charge < -0.3 is 10.4 Å². The van der Waals surface area contributed by atoms with E-state index in [-0.39, 0.29) is 5.88 Å². The molecule has 0 saturated heterocycles. The van der Waals surface area contributed by atoms with E-state index in [2.05, 4.69) is 5.32 Å². The number of hydrogen-bond acceptors (Lipinski definition) is 5. The van der Waals surface area contributed by atoms with E-state index in [0.29, 0.717) is 25.1 Å². The van der Waals surface area contributed by atoms with Crippen LogP contribution in [0.5, 0.6) is 0 Å². The third-order valence-electron chi connectivity index (χ3n) is 3.54. The van der Waals surface area contributed by atoms with Crippen molar-refractivity contribution in [1.82, 2.24) is 10.3 Å². The number of halogens is 1. The van der Waals surface area contributed by atoms with E-state index in [9.17, 15) is 14.7 Å². The summed E-state index contributed by atoms with van der Waals surface area (Å²) in [5, 5.41) is 13.2. The first-order chi connectivity index (χ1) is 11.5. The summed E-state index contributed by atoms with van der Waals surface area (Å²) in [6.45, 7) is 0.328. The average molecular weight is 374 g/mol. The highest BCUT2D eigenvalue weighted by molar-refractivity contribution is 7.98. The topological polar surface area (TPSA) is 95.7 Å². The predicted molar refractivity (Wildman–Crippen MR) is 98.1 cm³/mol. The van der Waals surface area contributed by atoms with Crippen molar-refractivity contribution in [2.75, 3.05) is 24.4 Å². The zero-order valence-corrected chi connectivity index (χ0v) is 15.2. The Balaban J connectivity index is 2.83. The van der Waals surface area contributed by atoms with E-state index in [1.54, 1.807) is 0 Å². The molecule has 0 aliphatic carbocycles. The van der Waals surface area contributed by atoms with Gasteiger partial charge >= 0.3 is 5.97 Å². The Hall–Kier alpha value is -1.28. The molecule has 0 aliphatic rings. The number of nitrogens with one attached hydrogen (secondary N) is 1. The fourth-order valence-electron chi connectivity index (χ4n) is 2.21. The van der Waals surface area contributed by atoms with Gasteiger partial charge in [-0.2, -0.15) is 11.8 Å². The van der Waals surface area contributed by atoms with Gasteiger partial charge in [0.2, 0.25) is 5.91 Å². The van der Waals surface area contributed by atoms with Crippen LogP contribution in [0.25, 0.3) is 0 Å². The molecule has 1 amide bonds. The third kappa shape index (κ3) is 7.09. The van der Waals surface area contributed by atoms with Crippen LogP contribution in [0.1, 0.15) is 12.0 Å². The van der Waals surface area contributed by atoms with Gasteiger partial charge in [0.1, 0.15) is 12.1 Å². The van der Waals surface area contributed by atoms with E-state index in [0.717, 1.165) is 5.56 Å². The highest BCUT2D eigenvalue weighted by Gasteiger charge is 2.28. The van der Waals surface area contributed by atoms with Gasteiger partial charge in [-0.15, -0.1) is 11.6 Å². The van der Waals surface area contributed by atoms with Crippen LogP contribution in [0.3, 0.4) is 0 Å². The standard InChI is InChI=1S/C16H24ClN3O3S/c1-24-10-7-13(16(22)23)19-15(21)14(20(18)9-8-17)11-12-5-3-2-4-6-12/h2-6,13-14H,7-11,18H2,1H3,(H,19,21)(H,22,23)/t13-,14-/m0/s1. The Bertz CT molecular complexity index is 519. The summed E-state index contributed by atoms with van der Waals surface area (Å²) in [5.74, 6) is 5.45. The van der Waals surface area contributed by atoms with Crippen LogP contribution in [0, 0.1) is 0 Å². The van der Waals surface area contributed by atoms with Gasteiger partial charge in [0, 0.05) is 12.4 Å². The number of amides is 1. The monoisotopic (exact) mass is 373 g/mol. The molecule has 0 saturated carbocycles. The van der Waals surface area contributed by atoms with Gasteiger partial charge in [0.15, 0.2) is 0 Å². The maximum absolute atomic E-state index is 12.6. The van der Waals surface area contributed by atoms with Crippen LogP contribution in [0.2, 0.25) is 0 Å². The lowest BCUT2D eigenvalue weighted by Crippen LogP contribution is -2.55. The number of thioether (sulfide) groups is 1. The fourth-order valence-corrected chi connectivity index (χ4v) is 2.88. The molecule has 1 aromatic carbocycles. The first-order valence-corrected chi connectivity index (χ1v) is 9.55. The molecule has 0 unspecified atom stereocenters. The Morgan fingerprint density at radius 3 is 2.58 bits per heavy atom. The first kappa shape index (κ1) is 20.8. The second-order valence-corrected chi connectivity index (χ2v) is 6.68. The number of rotatable bonds is 11. The number of alkyl halides is 1. The summed E-state index contributed by atoms with van der Waals surface area (Å²) >= 11 is 7.26. The van der Waals surface area contributed by atoms with Gasteiger partial charge in [0.05, 0.1) is 0 Å². The largest absolute Gasteiger partial charge is 0.480 e. The Morgan fingerprint density at radius 1 is 1.38 bits per heavy atom. The summed E-state index contributed by atoms with van der Waals surface area (Å²) in [4.78, 5) is 23.9. The number of nitrogens with zero attached hydrogens (tertiary/aromatic N) is 1. The first-order valence-electron chi connectivity index (χ1n) is 7.63. The zero-order valence-electron chi connectivity index (χ0n) is 13.7. The lowest BCUT2D eigenvalue weighted by molar-refractivity contribution is -0.142. The van der Waals surface area contributed by atoms with E-state index >= 15 is 0 Å². The second kappa shape index (κ2) is 11.3. The minimum atomic E-state index is -1.04. The summed E-state index contributed by atoms with van der Waals surface area (Å²) in [7, 11) is 0. The molecular weight excluding hydrogens is 350 g/mol. The van der Waals surface area contributed by atoms with Crippen LogP contribution in [0.4, 0.5) is 0 Å². The second-order valence-electron chi connectivity index (χ2n) is 5.31. The van der Waals surface area contributed by atoms with E-state index in [1.165, 1.54) is 16.8 Å². The molecule has 4 N–H and O–H groups in total. The van der Waals surface area contributed by atoms with Gasteiger partial charge in [-0.25, -0.2) is 9.80 Å². The number of aliphatic carboxylic acids is 1. The van der Waals surface area contributed by atoms with Crippen molar-refractivity contribution in [3.63, 3.8) is 0 Å². The van der Waals surface area contributed by atoms with Gasteiger partial charge in [-0.3, -0.25) is 10.6 Å². The van der Waals surface area contributed by atoms with Crippen LogP contribution in [-0.2, 0) is 16.0 Å². The summed E-state index contributed by atoms with van der Waals surface area (Å²) in [6, 6.07) is 7.85. The highest BCUT2D eigenvalue weighted by atomic mass is 35.5. The van der Waals surface area contributed by atoms with Gasteiger partial charge in [-0.05, 0) is 30.4 Å². The molecule has 134 valence electrons. The zero-order chi connectivity index (χ0) is 17.9. The number of carboxylic acid groups (broad SMARTS) is 1. The minimum Gasteiger partial charge on any atom is -0.480 e. The number of nitrogens with two attached hydrogens (primary N) is 1. The molecule has 0 aliphatic heterocycles. The number of carboxylic acids is 1. The Morgan fingerprint density at radius 2 is 2.04 bits per heavy atom. The van der Waals surface area contributed by atoms with Crippen molar-refractivity contribution in [2.45, 2.75) is 24.9 Å².